The molecule has 0 saturated carbocycles. The molecule has 0 fully saturated rings. The lowest BCUT2D eigenvalue weighted by Gasteiger charge is -2.13. The van der Waals surface area contributed by atoms with Crippen LogP contribution in [0.15, 0.2) is 47.6 Å². The normalized spacial score (nSPS) is 12.7. The fraction of sp³-hybridized carbons (Fsp3) is 0.552. The number of alkyl carbamates (subject to hydrolysis) is 1. The number of Topliss-reactive ketones (excluding diaryl/α,β-unsaturated/α-hetero) is 1. The summed E-state index contributed by atoms with van der Waals surface area (Å²) in [6.07, 6.45) is 2.39. The molecule has 11 heteroatoms. The third kappa shape index (κ3) is 19.9. The maximum Gasteiger partial charge on any atom is 0.410 e. The van der Waals surface area contributed by atoms with E-state index < -0.39 is 18.7 Å². The Labute approximate surface area is 240 Å². The van der Waals surface area contributed by atoms with Gasteiger partial charge in [0.25, 0.3) is 6.47 Å². The Hall–Kier alpha value is -3.08. The summed E-state index contributed by atoms with van der Waals surface area (Å²) in [6, 6.07) is 4.00. The summed E-state index contributed by atoms with van der Waals surface area (Å²) in [6.45, 7) is 11.3. The van der Waals surface area contributed by atoms with E-state index in [0.717, 1.165) is 6.42 Å². The summed E-state index contributed by atoms with van der Waals surface area (Å²) in [5.41, 5.74) is 0.221. The van der Waals surface area contributed by atoms with Gasteiger partial charge in [0.15, 0.2) is 5.78 Å². The van der Waals surface area contributed by atoms with Gasteiger partial charge in [-0.05, 0) is 58.1 Å². The summed E-state index contributed by atoms with van der Waals surface area (Å²) in [4.78, 5) is 35.5. The Kier molecular flexibility index (Phi) is 22.2. The van der Waals surface area contributed by atoms with Crippen LogP contribution < -0.4 is 5.32 Å². The third-order valence-electron chi connectivity index (χ3n) is 5.27. The number of ketones is 1. The number of methoxy groups -OCH3 is 1. The highest BCUT2D eigenvalue weighted by Crippen LogP contribution is 2.24. The van der Waals surface area contributed by atoms with Gasteiger partial charge in [-0.25, -0.2) is 4.79 Å². The topological polar surface area (TPSA) is 102 Å². The Morgan fingerprint density at radius 1 is 1.20 bits per heavy atom. The third-order valence-corrected chi connectivity index (χ3v) is 6.33. The number of carbonyl (C=O) groups excluding carboxylic acids is 3. The van der Waals surface area contributed by atoms with Crippen LogP contribution in [0.1, 0.15) is 82.9 Å². The molecule has 1 aromatic heterocycles. The van der Waals surface area contributed by atoms with E-state index >= 15 is 0 Å². The van der Waals surface area contributed by atoms with E-state index in [1.54, 1.807) is 24.3 Å². The highest BCUT2D eigenvalue weighted by atomic mass is 32.1. The molecule has 0 spiro atoms. The van der Waals surface area contributed by atoms with Crippen LogP contribution in [0.25, 0.3) is 0 Å². The fourth-order valence-corrected chi connectivity index (χ4v) is 3.93. The molecule has 1 unspecified atom stereocenters. The smallest absolute Gasteiger partial charge is 0.410 e. The van der Waals surface area contributed by atoms with Crippen LogP contribution in [0.4, 0.5) is 18.0 Å². The summed E-state index contributed by atoms with van der Waals surface area (Å²) in [5.74, 6) is -0.308. The van der Waals surface area contributed by atoms with Crippen LogP contribution in [0, 0.1) is 12.8 Å². The molecule has 1 amide bonds. The predicted molar refractivity (Wildman–Crippen MR) is 153 cm³/mol. The van der Waals surface area contributed by atoms with Gasteiger partial charge >= 0.3 is 12.3 Å². The van der Waals surface area contributed by atoms with Gasteiger partial charge in [0.2, 0.25) is 0 Å². The quantitative estimate of drug-likeness (QED) is 0.0739. The molecule has 0 aliphatic heterocycles. The van der Waals surface area contributed by atoms with E-state index in [9.17, 15) is 32.7 Å². The summed E-state index contributed by atoms with van der Waals surface area (Å²) in [5, 5.41) is 12.4. The number of aryl methyl sites for hydroxylation is 2. The standard InChI is InChI=1S/C17H25NO6.C10H13F3S.C2H6/c1-5-14(20)13(3)15(21)10-16(24-11-19)12(2)8-6-7-9-18-17(22)23-4;1-8-5-6-9(14-8)4-2-3-7-10(11,12)13;1-2/h7,9-12,21H,5-6,8H2,1-4H3,(H,18,22);5-6H,2-4,7H2,1H3;1-2H3/b9-7+,15-13-,16-10-;;. The van der Waals surface area contributed by atoms with Crippen molar-refractivity contribution in [2.24, 2.45) is 5.92 Å². The van der Waals surface area contributed by atoms with Crippen molar-refractivity contribution in [3.05, 3.63) is 57.3 Å². The zero-order valence-electron chi connectivity index (χ0n) is 24.5. The number of allylic oxidation sites excluding steroid dienone is 4. The van der Waals surface area contributed by atoms with Gasteiger partial charge in [-0.3, -0.25) is 14.9 Å². The van der Waals surface area contributed by atoms with Crippen molar-refractivity contribution in [2.75, 3.05) is 7.11 Å². The SMILES string of the molecule is CC.CCC(=O)/C(C)=C(O)/C=C(\OC=O)C(C)CC/C=C/NC(=O)OC.Cc1ccc(CCCCC(F)(F)F)s1. The summed E-state index contributed by atoms with van der Waals surface area (Å²) >= 11 is 1.66. The number of aliphatic hydroxyl groups is 1. The number of amides is 1. The van der Waals surface area contributed by atoms with Gasteiger partial charge in [0, 0.05) is 46.4 Å². The molecule has 1 heterocycles. The number of halogens is 3. The average Bonchev–Trinajstić information content (AvgIpc) is 3.35. The first-order valence-corrected chi connectivity index (χ1v) is 14.0. The van der Waals surface area contributed by atoms with E-state index in [0.29, 0.717) is 19.3 Å². The maximum atomic E-state index is 11.8. The van der Waals surface area contributed by atoms with Crippen LogP contribution in [-0.2, 0) is 25.5 Å². The highest BCUT2D eigenvalue weighted by molar-refractivity contribution is 7.11. The van der Waals surface area contributed by atoms with Crippen molar-refractivity contribution in [1.82, 2.24) is 5.32 Å². The second-order valence-electron chi connectivity index (χ2n) is 8.40. The van der Waals surface area contributed by atoms with Crippen molar-refractivity contribution in [2.45, 2.75) is 92.7 Å². The monoisotopic (exact) mass is 591 g/mol. The zero-order chi connectivity index (χ0) is 31.1. The van der Waals surface area contributed by atoms with Crippen LogP contribution in [0.5, 0.6) is 0 Å². The lowest BCUT2D eigenvalue weighted by molar-refractivity contribution is -0.135. The molecule has 7 nitrogen and oxygen atoms in total. The van der Waals surface area contributed by atoms with E-state index in [-0.39, 0.29) is 48.1 Å². The molecule has 40 heavy (non-hydrogen) atoms. The Morgan fingerprint density at radius 2 is 1.85 bits per heavy atom. The first-order valence-electron chi connectivity index (χ1n) is 13.2. The molecule has 0 bridgehead atoms. The van der Waals surface area contributed by atoms with E-state index in [1.807, 2.05) is 39.8 Å². The summed E-state index contributed by atoms with van der Waals surface area (Å²) in [7, 11) is 1.27. The van der Waals surface area contributed by atoms with Crippen molar-refractivity contribution in [1.29, 1.82) is 0 Å². The van der Waals surface area contributed by atoms with Gasteiger partial charge in [-0.1, -0.05) is 33.8 Å². The summed E-state index contributed by atoms with van der Waals surface area (Å²) < 4.78 is 44.7. The van der Waals surface area contributed by atoms with Crippen molar-refractivity contribution < 1.29 is 42.1 Å². The maximum absolute atomic E-state index is 11.8. The van der Waals surface area contributed by atoms with Crippen LogP contribution >= 0.6 is 11.3 Å². The van der Waals surface area contributed by atoms with Gasteiger partial charge in [0.05, 0.1) is 7.11 Å². The largest absolute Gasteiger partial charge is 0.507 e. The number of hydrogen-bond acceptors (Lipinski definition) is 7. The molecule has 0 saturated heterocycles. The van der Waals surface area contributed by atoms with E-state index in [2.05, 4.69) is 10.1 Å². The lowest BCUT2D eigenvalue weighted by Crippen LogP contribution is -2.16. The molecule has 2 N–H and O–H groups in total. The van der Waals surface area contributed by atoms with E-state index in [1.165, 1.54) is 36.1 Å². The fourth-order valence-electron chi connectivity index (χ4n) is 3.00. The molecular formula is C29H44F3NO6S. The molecule has 1 rings (SSSR count). The minimum atomic E-state index is -3.99. The molecular weight excluding hydrogens is 547 g/mol. The molecule has 0 aliphatic rings. The average molecular weight is 592 g/mol. The molecule has 0 aromatic carbocycles. The molecule has 0 aliphatic carbocycles. The number of alkyl halides is 3. The number of unbranched alkanes of at least 4 members (excludes halogenated alkanes) is 1. The number of ether oxygens (including phenoxy) is 2. The number of aliphatic hydroxyl groups excluding tert-OH is 1. The second-order valence-corrected chi connectivity index (χ2v) is 9.77. The highest BCUT2D eigenvalue weighted by Gasteiger charge is 2.25. The van der Waals surface area contributed by atoms with Crippen molar-refractivity contribution >= 4 is 29.7 Å². The van der Waals surface area contributed by atoms with Crippen LogP contribution in [-0.4, -0.2) is 36.7 Å². The predicted octanol–water partition coefficient (Wildman–Crippen LogP) is 8.50. The number of thiophene rings is 1. The Balaban J connectivity index is 0. The second kappa shape index (κ2) is 22.7. The van der Waals surface area contributed by atoms with Gasteiger partial charge in [-0.2, -0.15) is 13.2 Å². The van der Waals surface area contributed by atoms with Crippen molar-refractivity contribution in [3.8, 4) is 0 Å². The number of hydrogen-bond donors (Lipinski definition) is 2. The zero-order valence-corrected chi connectivity index (χ0v) is 25.3. The molecule has 1 aromatic rings. The van der Waals surface area contributed by atoms with Gasteiger partial charge in [0.1, 0.15) is 11.5 Å². The van der Waals surface area contributed by atoms with Crippen LogP contribution in [0.3, 0.4) is 0 Å². The minimum absolute atomic E-state index is 0.176. The van der Waals surface area contributed by atoms with Crippen LogP contribution in [0.2, 0.25) is 0 Å². The first kappa shape index (κ1) is 39.1. The Morgan fingerprint density at radius 3 is 2.35 bits per heavy atom. The minimum Gasteiger partial charge on any atom is -0.507 e. The Bertz CT molecular complexity index is 967. The van der Waals surface area contributed by atoms with Gasteiger partial charge < -0.3 is 14.6 Å². The molecule has 1 atom stereocenters. The van der Waals surface area contributed by atoms with E-state index in [4.69, 9.17) is 4.74 Å². The van der Waals surface area contributed by atoms with Crippen molar-refractivity contribution in [3.63, 3.8) is 0 Å². The lowest BCUT2D eigenvalue weighted by atomic mass is 10.0. The number of nitrogens with one attached hydrogen (secondary N) is 1. The first-order chi connectivity index (χ1) is 18.8. The van der Waals surface area contributed by atoms with Gasteiger partial charge in [-0.15, -0.1) is 11.3 Å². The number of rotatable bonds is 14. The molecule has 228 valence electrons. The molecule has 0 radical (unpaired) electrons. The number of carbonyl (C=O) groups is 3.